The number of aliphatic imine (C=N–C) groups is 1. The van der Waals surface area contributed by atoms with Gasteiger partial charge in [0.25, 0.3) is 0 Å². The fourth-order valence-corrected chi connectivity index (χ4v) is 1.85. The predicted molar refractivity (Wildman–Crippen MR) is 80.2 cm³/mol. The van der Waals surface area contributed by atoms with Crippen LogP contribution in [0.3, 0.4) is 0 Å². The van der Waals surface area contributed by atoms with Crippen LogP contribution in [0.2, 0.25) is 0 Å². The first-order valence-corrected chi connectivity index (χ1v) is 6.23. The maximum atomic E-state index is 9.61. The third kappa shape index (κ3) is 3.14. The summed E-state index contributed by atoms with van der Waals surface area (Å²) in [5.41, 5.74) is 1.63. The fourth-order valence-electron chi connectivity index (χ4n) is 1.85. The number of rotatable bonds is 4. The van der Waals surface area contributed by atoms with Gasteiger partial charge in [0.1, 0.15) is 0 Å². The van der Waals surface area contributed by atoms with Gasteiger partial charge in [-0.1, -0.05) is 6.08 Å². The van der Waals surface area contributed by atoms with Crippen molar-refractivity contribution in [1.82, 2.24) is 0 Å². The Hall–Kier alpha value is -2.95. The van der Waals surface area contributed by atoms with Crippen molar-refractivity contribution in [2.75, 3.05) is 6.54 Å². The van der Waals surface area contributed by atoms with Gasteiger partial charge >= 0.3 is 0 Å². The second-order valence-corrected chi connectivity index (χ2v) is 4.38. The molecule has 21 heavy (non-hydrogen) atoms. The molecule has 0 amide bonds. The molecule has 0 bridgehead atoms. The molecule has 0 unspecified atom stereocenters. The summed E-state index contributed by atoms with van der Waals surface area (Å²) in [6, 6.07) is 8.66. The minimum Gasteiger partial charge on any atom is -0.504 e. The fraction of sp³-hybridized carbons (Fsp3) is 0.0625. The average molecular weight is 285 g/mol. The molecule has 0 fully saturated rings. The van der Waals surface area contributed by atoms with Crippen LogP contribution in [0.4, 0.5) is 0 Å². The molecule has 0 radical (unpaired) electrons. The summed E-state index contributed by atoms with van der Waals surface area (Å²) >= 11 is 0. The van der Waals surface area contributed by atoms with Crippen molar-refractivity contribution < 1.29 is 20.4 Å². The third-order valence-electron chi connectivity index (χ3n) is 2.88. The molecule has 0 atom stereocenters. The van der Waals surface area contributed by atoms with E-state index in [9.17, 15) is 20.4 Å². The Balaban J connectivity index is 2.54. The predicted octanol–water partition coefficient (Wildman–Crippen LogP) is 2.53. The highest BCUT2D eigenvalue weighted by Gasteiger charge is 2.11. The van der Waals surface area contributed by atoms with Crippen LogP contribution in [0.25, 0.3) is 0 Å². The molecule has 0 saturated heterocycles. The normalized spacial score (nSPS) is 10.1. The lowest BCUT2D eigenvalue weighted by atomic mass is 10.0. The van der Waals surface area contributed by atoms with Crippen molar-refractivity contribution in [3.8, 4) is 23.0 Å². The van der Waals surface area contributed by atoms with Gasteiger partial charge in [-0.2, -0.15) is 0 Å². The Morgan fingerprint density at radius 2 is 1.33 bits per heavy atom. The first-order chi connectivity index (χ1) is 10.0. The van der Waals surface area contributed by atoms with E-state index in [1.807, 2.05) is 0 Å². The molecule has 108 valence electrons. The quantitative estimate of drug-likeness (QED) is 0.394. The lowest BCUT2D eigenvalue weighted by Gasteiger charge is -2.09. The average Bonchev–Trinajstić information content (AvgIpc) is 2.46. The molecule has 0 heterocycles. The van der Waals surface area contributed by atoms with Crippen molar-refractivity contribution >= 4 is 5.71 Å². The van der Waals surface area contributed by atoms with E-state index in [2.05, 4.69) is 11.6 Å². The molecule has 5 nitrogen and oxygen atoms in total. The minimum absolute atomic E-state index is 0.227. The monoisotopic (exact) mass is 285 g/mol. The van der Waals surface area contributed by atoms with Gasteiger partial charge in [-0.15, -0.1) is 6.58 Å². The number of aromatic hydroxyl groups is 4. The molecular formula is C16H15NO4. The van der Waals surface area contributed by atoms with Gasteiger partial charge in [-0.3, -0.25) is 4.99 Å². The van der Waals surface area contributed by atoms with E-state index in [1.165, 1.54) is 24.3 Å². The lowest BCUT2D eigenvalue weighted by molar-refractivity contribution is 0.403. The lowest BCUT2D eigenvalue weighted by Crippen LogP contribution is -2.04. The zero-order valence-electron chi connectivity index (χ0n) is 11.2. The van der Waals surface area contributed by atoms with Crippen molar-refractivity contribution in [1.29, 1.82) is 0 Å². The highest BCUT2D eigenvalue weighted by molar-refractivity contribution is 6.13. The van der Waals surface area contributed by atoms with Crippen molar-refractivity contribution in [3.63, 3.8) is 0 Å². The maximum absolute atomic E-state index is 9.61. The van der Waals surface area contributed by atoms with Gasteiger partial charge in [0.2, 0.25) is 0 Å². The van der Waals surface area contributed by atoms with Gasteiger partial charge in [-0.25, -0.2) is 0 Å². The number of phenols is 4. The van der Waals surface area contributed by atoms with Gasteiger partial charge in [0, 0.05) is 11.1 Å². The van der Waals surface area contributed by atoms with Crippen LogP contribution >= 0.6 is 0 Å². The summed E-state index contributed by atoms with van der Waals surface area (Å²) in [4.78, 5) is 4.34. The second-order valence-electron chi connectivity index (χ2n) is 4.38. The number of benzene rings is 2. The molecule has 2 aromatic carbocycles. The topological polar surface area (TPSA) is 93.3 Å². The van der Waals surface area contributed by atoms with Gasteiger partial charge in [-0.05, 0) is 36.4 Å². The standard InChI is InChI=1S/C16H15NO4/c1-2-7-17-16(10-3-5-12(18)14(20)8-10)11-4-6-13(19)15(21)9-11/h2-6,8-9,18-21H,1,7H2. The molecule has 5 heteroatoms. The van der Waals surface area contributed by atoms with E-state index in [4.69, 9.17) is 0 Å². The van der Waals surface area contributed by atoms with Crippen LogP contribution in [0.15, 0.2) is 54.0 Å². The molecule has 0 aliphatic heterocycles. The molecule has 4 N–H and O–H groups in total. The van der Waals surface area contributed by atoms with Crippen LogP contribution in [0.5, 0.6) is 23.0 Å². The smallest absolute Gasteiger partial charge is 0.158 e. The van der Waals surface area contributed by atoms with Crippen LogP contribution in [-0.4, -0.2) is 32.7 Å². The SMILES string of the molecule is C=CCN=C(c1ccc(O)c(O)c1)c1ccc(O)c(O)c1. The highest BCUT2D eigenvalue weighted by Crippen LogP contribution is 2.29. The van der Waals surface area contributed by atoms with E-state index in [0.717, 1.165) is 0 Å². The van der Waals surface area contributed by atoms with E-state index in [-0.39, 0.29) is 23.0 Å². The van der Waals surface area contributed by atoms with Crippen LogP contribution < -0.4 is 0 Å². The Morgan fingerprint density at radius 1 is 0.857 bits per heavy atom. The van der Waals surface area contributed by atoms with E-state index >= 15 is 0 Å². The summed E-state index contributed by atoms with van der Waals surface area (Å²) in [6.45, 7) is 3.94. The van der Waals surface area contributed by atoms with Crippen molar-refractivity contribution in [2.24, 2.45) is 4.99 Å². The Kier molecular flexibility index (Phi) is 4.13. The second kappa shape index (κ2) is 6.00. The molecule has 0 spiro atoms. The first-order valence-electron chi connectivity index (χ1n) is 6.23. The molecule has 0 aliphatic carbocycles. The minimum atomic E-state index is -0.262. The van der Waals surface area contributed by atoms with E-state index in [1.54, 1.807) is 18.2 Å². The molecule has 0 saturated carbocycles. The summed E-state index contributed by atoms with van der Waals surface area (Å²) in [5, 5.41) is 38.0. The molecule has 0 aliphatic rings. The van der Waals surface area contributed by atoms with E-state index < -0.39 is 0 Å². The summed E-state index contributed by atoms with van der Waals surface area (Å²) in [5.74, 6) is -0.977. The Bertz CT molecular complexity index is 654. The van der Waals surface area contributed by atoms with Gasteiger partial charge < -0.3 is 20.4 Å². The van der Waals surface area contributed by atoms with Crippen molar-refractivity contribution in [2.45, 2.75) is 0 Å². The summed E-state index contributed by atoms with van der Waals surface area (Å²) < 4.78 is 0. The number of phenolic OH excluding ortho intramolecular Hbond substituents is 4. The Labute approximate surface area is 121 Å². The van der Waals surface area contributed by atoms with Crippen LogP contribution in [0, 0.1) is 0 Å². The number of nitrogens with zero attached hydrogens (tertiary/aromatic N) is 1. The molecule has 2 rings (SSSR count). The van der Waals surface area contributed by atoms with E-state index in [0.29, 0.717) is 23.4 Å². The van der Waals surface area contributed by atoms with Gasteiger partial charge in [0.15, 0.2) is 23.0 Å². The largest absolute Gasteiger partial charge is 0.504 e. The first kappa shape index (κ1) is 14.5. The van der Waals surface area contributed by atoms with Crippen molar-refractivity contribution in [3.05, 3.63) is 60.2 Å². The highest BCUT2D eigenvalue weighted by atomic mass is 16.3. The number of hydrogen-bond donors (Lipinski definition) is 4. The maximum Gasteiger partial charge on any atom is 0.158 e. The zero-order chi connectivity index (χ0) is 15.4. The summed E-state index contributed by atoms with van der Waals surface area (Å²) in [6.07, 6.45) is 1.61. The van der Waals surface area contributed by atoms with Crippen LogP contribution in [0.1, 0.15) is 11.1 Å². The zero-order valence-corrected chi connectivity index (χ0v) is 11.2. The molecule has 0 aromatic heterocycles. The Morgan fingerprint density at radius 3 is 1.71 bits per heavy atom. The summed E-state index contributed by atoms with van der Waals surface area (Å²) in [7, 11) is 0. The third-order valence-corrected chi connectivity index (χ3v) is 2.88. The molecule has 2 aromatic rings. The number of hydrogen-bond acceptors (Lipinski definition) is 5. The molecular weight excluding hydrogens is 270 g/mol. The van der Waals surface area contributed by atoms with Gasteiger partial charge in [0.05, 0.1) is 12.3 Å². The van der Waals surface area contributed by atoms with Crippen LogP contribution in [-0.2, 0) is 0 Å².